The average Bonchev–Trinajstić information content (AvgIpc) is 3.97. The largest absolute Gasteiger partial charge is 0.309 e. The van der Waals surface area contributed by atoms with E-state index in [2.05, 4.69) is 234 Å². The van der Waals surface area contributed by atoms with Crippen LogP contribution in [0.4, 0.5) is 0 Å². The summed E-state index contributed by atoms with van der Waals surface area (Å²) in [5, 5.41) is 8.24. The first-order valence-electron chi connectivity index (χ1n) is 23.6. The first-order chi connectivity index (χ1) is 34.7. The maximum absolute atomic E-state index is 5.60. The molecule has 0 aliphatic carbocycles. The number of rotatable bonds is 7. The Bertz CT molecular complexity index is 4280. The van der Waals surface area contributed by atoms with Crippen LogP contribution in [-0.2, 0) is 0 Å². The molecule has 4 heterocycles. The molecule has 0 bridgehead atoms. The van der Waals surface area contributed by atoms with Gasteiger partial charge in [-0.1, -0.05) is 200 Å². The summed E-state index contributed by atoms with van der Waals surface area (Å²) in [6, 6.07) is 85.6. The van der Waals surface area contributed by atoms with E-state index in [4.69, 9.17) is 19.9 Å². The predicted octanol–water partition coefficient (Wildman–Crippen LogP) is 16.1. The van der Waals surface area contributed by atoms with Crippen LogP contribution in [0.3, 0.4) is 0 Å². The van der Waals surface area contributed by atoms with Crippen LogP contribution in [0.25, 0.3) is 133 Å². The van der Waals surface area contributed by atoms with Gasteiger partial charge >= 0.3 is 0 Å². The maximum atomic E-state index is 5.60. The number of nitrogens with zero attached hydrogens (tertiary/aromatic N) is 6. The van der Waals surface area contributed by atoms with Crippen LogP contribution in [0.15, 0.2) is 243 Å². The van der Waals surface area contributed by atoms with Crippen molar-refractivity contribution in [1.29, 1.82) is 0 Å². The van der Waals surface area contributed by atoms with Crippen molar-refractivity contribution >= 4 is 65.3 Å². The van der Waals surface area contributed by atoms with Crippen molar-refractivity contribution in [3.8, 4) is 67.9 Å². The molecular formula is C64H40N6. The standard InChI is InChI=1S/C64H40N6/c1-4-18-42(19-5-1)59-54-39-38-52-51-28-12-15-33-57(51)70(46-23-8-3-9-24-46)61(52)58(54)53-30-17-29-48(60(53)65-59)41-34-36-44(37-35-41)63-66-62(43-20-6-2-7-21-43)67-64(68-63)45-22-16-25-47(40-45)69-55-31-13-10-26-49(55)50-27-11-14-32-56(50)69/h1-40H. The Hall–Kier alpha value is -9.52. The SMILES string of the molecule is c1ccc(-c2nc(-c3ccc(-c4cccc5c4nc(-c4ccccc4)c4ccc6c7ccccc7n(-c7ccccc7)c6c45)cc3)nc(-c3cccc(-n4c5ccccc5c5ccccc54)c3)n2)cc1. The van der Waals surface area contributed by atoms with Gasteiger partial charge in [-0.15, -0.1) is 0 Å². The Morgan fingerprint density at radius 1 is 0.271 bits per heavy atom. The van der Waals surface area contributed by atoms with Gasteiger partial charge in [-0.3, -0.25) is 0 Å². The fourth-order valence-corrected chi connectivity index (χ4v) is 10.6. The zero-order chi connectivity index (χ0) is 46.1. The topological polar surface area (TPSA) is 61.4 Å². The van der Waals surface area contributed by atoms with Gasteiger partial charge in [-0.05, 0) is 48.0 Å². The number of para-hydroxylation sites is 5. The minimum atomic E-state index is 0.599. The van der Waals surface area contributed by atoms with E-state index in [-0.39, 0.29) is 0 Å². The van der Waals surface area contributed by atoms with E-state index < -0.39 is 0 Å². The zero-order valence-electron chi connectivity index (χ0n) is 37.8. The third-order valence-corrected chi connectivity index (χ3v) is 13.7. The Balaban J connectivity index is 0.938. The molecule has 0 aliphatic rings. The number of aromatic nitrogens is 6. The van der Waals surface area contributed by atoms with Gasteiger partial charge in [0.25, 0.3) is 0 Å². The Labute approximate surface area is 403 Å². The zero-order valence-corrected chi connectivity index (χ0v) is 37.8. The van der Waals surface area contributed by atoms with Crippen molar-refractivity contribution in [3.63, 3.8) is 0 Å². The lowest BCUT2D eigenvalue weighted by molar-refractivity contribution is 1.07. The van der Waals surface area contributed by atoms with Crippen molar-refractivity contribution in [2.24, 2.45) is 0 Å². The molecule has 70 heavy (non-hydrogen) atoms. The van der Waals surface area contributed by atoms with Crippen molar-refractivity contribution in [2.45, 2.75) is 0 Å². The Morgan fingerprint density at radius 2 is 0.729 bits per heavy atom. The number of hydrogen-bond acceptors (Lipinski definition) is 4. The normalized spacial score (nSPS) is 11.7. The second-order valence-electron chi connectivity index (χ2n) is 17.8. The molecule has 0 saturated carbocycles. The lowest BCUT2D eigenvalue weighted by Crippen LogP contribution is -2.01. The predicted molar refractivity (Wildman–Crippen MR) is 288 cm³/mol. The highest BCUT2D eigenvalue weighted by molar-refractivity contribution is 6.28. The first-order valence-corrected chi connectivity index (χ1v) is 23.6. The molecule has 6 heteroatoms. The van der Waals surface area contributed by atoms with E-state index in [1.165, 1.54) is 38.0 Å². The van der Waals surface area contributed by atoms with Gasteiger partial charge in [0.1, 0.15) is 0 Å². The van der Waals surface area contributed by atoms with Gasteiger partial charge in [0, 0.05) is 76.9 Å². The van der Waals surface area contributed by atoms with Crippen LogP contribution in [0.2, 0.25) is 0 Å². The molecule has 0 saturated heterocycles. The lowest BCUT2D eigenvalue weighted by atomic mass is 9.94. The molecule has 326 valence electrons. The van der Waals surface area contributed by atoms with E-state index in [0.29, 0.717) is 17.5 Å². The summed E-state index contributed by atoms with van der Waals surface area (Å²) in [4.78, 5) is 21.1. The second kappa shape index (κ2) is 16.1. The second-order valence-corrected chi connectivity index (χ2v) is 17.8. The molecule has 0 amide bonds. The van der Waals surface area contributed by atoms with Gasteiger partial charge in [-0.2, -0.15) is 0 Å². The van der Waals surface area contributed by atoms with Crippen molar-refractivity contribution in [2.75, 3.05) is 0 Å². The highest BCUT2D eigenvalue weighted by Gasteiger charge is 2.22. The maximum Gasteiger partial charge on any atom is 0.164 e. The molecule has 0 fully saturated rings. The Morgan fingerprint density at radius 3 is 1.39 bits per heavy atom. The summed E-state index contributed by atoms with van der Waals surface area (Å²) in [6.45, 7) is 0. The van der Waals surface area contributed by atoms with E-state index in [9.17, 15) is 0 Å². The molecule has 0 aliphatic heterocycles. The van der Waals surface area contributed by atoms with Crippen LogP contribution in [-0.4, -0.2) is 29.1 Å². The summed E-state index contributed by atoms with van der Waals surface area (Å²) < 4.78 is 4.75. The third kappa shape index (κ3) is 6.35. The first kappa shape index (κ1) is 39.6. The molecule has 0 atom stereocenters. The van der Waals surface area contributed by atoms with E-state index in [1.54, 1.807) is 0 Å². The molecule has 14 rings (SSSR count). The summed E-state index contributed by atoms with van der Waals surface area (Å²) in [5.41, 5.74) is 14.6. The average molecular weight is 893 g/mol. The lowest BCUT2D eigenvalue weighted by Gasteiger charge is -2.16. The van der Waals surface area contributed by atoms with Crippen LogP contribution in [0, 0.1) is 0 Å². The number of hydrogen-bond donors (Lipinski definition) is 0. The fraction of sp³-hybridized carbons (Fsp3) is 0. The minimum absolute atomic E-state index is 0.599. The quantitative estimate of drug-likeness (QED) is 0.150. The smallest absolute Gasteiger partial charge is 0.164 e. The number of fused-ring (bicyclic) bond motifs is 10. The molecule has 0 spiro atoms. The van der Waals surface area contributed by atoms with Crippen LogP contribution >= 0.6 is 0 Å². The van der Waals surface area contributed by atoms with Gasteiger partial charge in [0.2, 0.25) is 0 Å². The van der Waals surface area contributed by atoms with Gasteiger partial charge in [0.15, 0.2) is 17.5 Å². The van der Waals surface area contributed by atoms with Crippen molar-refractivity contribution in [3.05, 3.63) is 243 Å². The van der Waals surface area contributed by atoms with Crippen molar-refractivity contribution in [1.82, 2.24) is 29.1 Å². The third-order valence-electron chi connectivity index (χ3n) is 13.7. The molecule has 0 unspecified atom stereocenters. The molecule has 14 aromatic rings. The van der Waals surface area contributed by atoms with Gasteiger partial charge in [0.05, 0.1) is 33.3 Å². The van der Waals surface area contributed by atoms with E-state index in [1.807, 2.05) is 18.2 Å². The molecule has 4 aromatic heterocycles. The van der Waals surface area contributed by atoms with Crippen LogP contribution in [0.1, 0.15) is 0 Å². The van der Waals surface area contributed by atoms with Crippen LogP contribution < -0.4 is 0 Å². The molecule has 10 aromatic carbocycles. The molecular weight excluding hydrogens is 853 g/mol. The molecule has 0 radical (unpaired) electrons. The number of benzene rings is 10. The number of pyridine rings is 1. The van der Waals surface area contributed by atoms with Gasteiger partial charge in [-0.25, -0.2) is 19.9 Å². The van der Waals surface area contributed by atoms with Crippen LogP contribution in [0.5, 0.6) is 0 Å². The van der Waals surface area contributed by atoms with E-state index in [0.717, 1.165) is 77.8 Å². The van der Waals surface area contributed by atoms with Crippen molar-refractivity contribution < 1.29 is 0 Å². The highest BCUT2D eigenvalue weighted by Crippen LogP contribution is 2.44. The monoisotopic (exact) mass is 892 g/mol. The minimum Gasteiger partial charge on any atom is -0.309 e. The highest BCUT2D eigenvalue weighted by atomic mass is 15.0. The Kier molecular flexibility index (Phi) is 9.10. The summed E-state index contributed by atoms with van der Waals surface area (Å²) in [7, 11) is 0. The molecule has 0 N–H and O–H groups in total. The summed E-state index contributed by atoms with van der Waals surface area (Å²) in [5.74, 6) is 1.82. The summed E-state index contributed by atoms with van der Waals surface area (Å²) >= 11 is 0. The fourth-order valence-electron chi connectivity index (χ4n) is 10.6. The summed E-state index contributed by atoms with van der Waals surface area (Å²) in [6.07, 6.45) is 0. The van der Waals surface area contributed by atoms with Gasteiger partial charge < -0.3 is 9.13 Å². The molecule has 6 nitrogen and oxygen atoms in total. The van der Waals surface area contributed by atoms with E-state index >= 15 is 0 Å².